The quantitative estimate of drug-likeness (QED) is 0.672. The molecule has 7 nitrogen and oxygen atoms in total. The van der Waals surface area contributed by atoms with E-state index < -0.39 is 0 Å². The Morgan fingerprint density at radius 1 is 1.50 bits per heavy atom. The van der Waals surface area contributed by atoms with E-state index in [-0.39, 0.29) is 0 Å². The largest absolute Gasteiger partial charge is 0.324 e. The average molecular weight is 193 g/mol. The molecule has 0 amide bonds. The van der Waals surface area contributed by atoms with E-state index in [1.54, 1.807) is 9.36 Å². The fraction of sp³-hybridized carbons (Fsp3) is 0.429. The van der Waals surface area contributed by atoms with Gasteiger partial charge >= 0.3 is 0 Å². The molecule has 0 atom stereocenters. The molecule has 14 heavy (non-hydrogen) atoms. The lowest BCUT2D eigenvalue weighted by Crippen LogP contribution is -2.08. The highest BCUT2D eigenvalue weighted by Crippen LogP contribution is 2.10. The van der Waals surface area contributed by atoms with Crippen molar-refractivity contribution in [2.45, 2.75) is 13.5 Å². The van der Waals surface area contributed by atoms with Crippen LogP contribution in [-0.2, 0) is 13.6 Å². The van der Waals surface area contributed by atoms with Gasteiger partial charge in [0.05, 0.1) is 18.4 Å². The van der Waals surface area contributed by atoms with Crippen LogP contribution in [-0.4, -0.2) is 30.0 Å². The maximum Gasteiger partial charge on any atom is 0.170 e. The lowest BCUT2D eigenvalue weighted by atomic mass is 10.4. The van der Waals surface area contributed by atoms with Gasteiger partial charge in [0.2, 0.25) is 0 Å². The van der Waals surface area contributed by atoms with E-state index in [0.717, 1.165) is 11.4 Å². The van der Waals surface area contributed by atoms with Crippen molar-refractivity contribution < 1.29 is 0 Å². The smallest absolute Gasteiger partial charge is 0.170 e. The van der Waals surface area contributed by atoms with Gasteiger partial charge in [0.1, 0.15) is 5.69 Å². The summed E-state index contributed by atoms with van der Waals surface area (Å²) in [6.45, 7) is 2.21. The van der Waals surface area contributed by atoms with Crippen molar-refractivity contribution in [2.24, 2.45) is 12.8 Å². The third kappa shape index (κ3) is 1.27. The molecule has 0 aromatic carbocycles. The van der Waals surface area contributed by atoms with E-state index in [1.807, 2.05) is 20.2 Å². The Labute approximate surface area is 80.5 Å². The predicted octanol–water partition coefficient (Wildman–Crippen LogP) is -0.837. The molecule has 2 heterocycles. The summed E-state index contributed by atoms with van der Waals surface area (Å²) in [5.74, 6) is 0.626. The Morgan fingerprint density at radius 3 is 2.86 bits per heavy atom. The topological polar surface area (TPSA) is 87.4 Å². The zero-order valence-corrected chi connectivity index (χ0v) is 8.05. The maximum absolute atomic E-state index is 5.50. The molecule has 7 heteroatoms. The van der Waals surface area contributed by atoms with E-state index in [4.69, 9.17) is 5.73 Å². The first-order valence-electron chi connectivity index (χ1n) is 4.20. The Bertz CT molecular complexity index is 441. The molecule has 0 aliphatic heterocycles. The molecule has 2 aromatic rings. The summed E-state index contributed by atoms with van der Waals surface area (Å²) in [4.78, 5) is 0. The second-order valence-corrected chi connectivity index (χ2v) is 2.98. The van der Waals surface area contributed by atoms with Crippen molar-refractivity contribution in [3.05, 3.63) is 17.7 Å². The molecule has 2 aromatic heterocycles. The summed E-state index contributed by atoms with van der Waals surface area (Å²) < 4.78 is 3.31. The fourth-order valence-electron chi connectivity index (χ4n) is 1.32. The fourth-order valence-corrected chi connectivity index (χ4v) is 1.32. The molecule has 74 valence electrons. The molecule has 0 fully saturated rings. The van der Waals surface area contributed by atoms with Crippen LogP contribution in [0.1, 0.15) is 11.5 Å². The molecule has 0 unspecified atom stereocenters. The van der Waals surface area contributed by atoms with Crippen LogP contribution in [0.15, 0.2) is 6.20 Å². The predicted molar refractivity (Wildman–Crippen MR) is 48.5 cm³/mol. The minimum atomic E-state index is 0.307. The molecule has 0 bridgehead atoms. The Balaban J connectivity index is 2.53. The summed E-state index contributed by atoms with van der Waals surface area (Å²) in [5, 5.41) is 15.4. The van der Waals surface area contributed by atoms with Crippen molar-refractivity contribution in [2.75, 3.05) is 0 Å². The van der Waals surface area contributed by atoms with Crippen LogP contribution in [0.25, 0.3) is 5.69 Å². The SMILES string of the molecule is Cc1nn(C)cc1-n1nnnc1CN. The summed E-state index contributed by atoms with van der Waals surface area (Å²) in [7, 11) is 1.85. The Hall–Kier alpha value is -1.76. The molecule has 0 saturated heterocycles. The Kier molecular flexibility index (Phi) is 2.01. The van der Waals surface area contributed by atoms with Crippen LogP contribution in [0.2, 0.25) is 0 Å². The third-order valence-corrected chi connectivity index (χ3v) is 1.93. The lowest BCUT2D eigenvalue weighted by Gasteiger charge is -1.98. The minimum Gasteiger partial charge on any atom is -0.324 e. The number of hydrogen-bond donors (Lipinski definition) is 1. The van der Waals surface area contributed by atoms with Crippen LogP contribution in [0.3, 0.4) is 0 Å². The third-order valence-electron chi connectivity index (χ3n) is 1.93. The minimum absolute atomic E-state index is 0.307. The number of nitrogens with two attached hydrogens (primary N) is 1. The lowest BCUT2D eigenvalue weighted by molar-refractivity contribution is 0.750. The normalized spacial score (nSPS) is 10.8. The van der Waals surface area contributed by atoms with Gasteiger partial charge in [-0.05, 0) is 17.4 Å². The molecule has 0 radical (unpaired) electrons. The summed E-state index contributed by atoms with van der Waals surface area (Å²) in [5.41, 5.74) is 7.23. The zero-order chi connectivity index (χ0) is 10.1. The highest BCUT2D eigenvalue weighted by atomic mass is 15.6. The molecule has 2 N–H and O–H groups in total. The Morgan fingerprint density at radius 2 is 2.29 bits per heavy atom. The van der Waals surface area contributed by atoms with Gasteiger partial charge in [-0.2, -0.15) is 9.78 Å². The molecule has 0 saturated carbocycles. The van der Waals surface area contributed by atoms with Crippen molar-refractivity contribution in [1.82, 2.24) is 30.0 Å². The van der Waals surface area contributed by atoms with Crippen molar-refractivity contribution in [3.63, 3.8) is 0 Å². The highest BCUT2D eigenvalue weighted by molar-refractivity contribution is 5.32. The van der Waals surface area contributed by atoms with E-state index in [9.17, 15) is 0 Å². The zero-order valence-electron chi connectivity index (χ0n) is 8.05. The van der Waals surface area contributed by atoms with E-state index in [2.05, 4.69) is 20.6 Å². The summed E-state index contributed by atoms with van der Waals surface area (Å²) in [6, 6.07) is 0. The monoisotopic (exact) mass is 193 g/mol. The second kappa shape index (κ2) is 3.18. The van der Waals surface area contributed by atoms with Gasteiger partial charge in [-0.1, -0.05) is 0 Å². The van der Waals surface area contributed by atoms with Gasteiger partial charge in [0.25, 0.3) is 0 Å². The van der Waals surface area contributed by atoms with E-state index in [1.165, 1.54) is 0 Å². The molecule has 0 spiro atoms. The van der Waals surface area contributed by atoms with Crippen LogP contribution < -0.4 is 5.73 Å². The maximum atomic E-state index is 5.50. The van der Waals surface area contributed by atoms with Gasteiger partial charge in [0, 0.05) is 7.05 Å². The number of aryl methyl sites for hydroxylation is 2. The van der Waals surface area contributed by atoms with Crippen LogP contribution in [0, 0.1) is 6.92 Å². The van der Waals surface area contributed by atoms with Gasteiger partial charge in [0.15, 0.2) is 5.82 Å². The number of aromatic nitrogens is 6. The summed E-state index contributed by atoms with van der Waals surface area (Å²) in [6.07, 6.45) is 1.85. The van der Waals surface area contributed by atoms with Gasteiger partial charge in [-0.3, -0.25) is 4.68 Å². The van der Waals surface area contributed by atoms with Gasteiger partial charge in [-0.15, -0.1) is 5.10 Å². The molecule has 0 aliphatic carbocycles. The molecular weight excluding hydrogens is 182 g/mol. The first-order chi connectivity index (χ1) is 6.72. The van der Waals surface area contributed by atoms with Crippen LogP contribution in [0.5, 0.6) is 0 Å². The molecule has 2 rings (SSSR count). The van der Waals surface area contributed by atoms with Crippen molar-refractivity contribution in [1.29, 1.82) is 0 Å². The second-order valence-electron chi connectivity index (χ2n) is 2.98. The summed E-state index contributed by atoms with van der Waals surface area (Å²) >= 11 is 0. The first-order valence-corrected chi connectivity index (χ1v) is 4.20. The molecular formula is C7H11N7. The van der Waals surface area contributed by atoms with Gasteiger partial charge < -0.3 is 5.73 Å². The standard InChI is InChI=1S/C7H11N7/c1-5-6(4-13(2)10-5)14-7(3-8)9-11-12-14/h4H,3,8H2,1-2H3. The van der Waals surface area contributed by atoms with Crippen LogP contribution in [0.4, 0.5) is 0 Å². The number of tetrazole rings is 1. The van der Waals surface area contributed by atoms with Gasteiger partial charge in [-0.25, -0.2) is 0 Å². The first kappa shape index (κ1) is 8.82. The van der Waals surface area contributed by atoms with E-state index in [0.29, 0.717) is 12.4 Å². The highest BCUT2D eigenvalue weighted by Gasteiger charge is 2.11. The van der Waals surface area contributed by atoms with Crippen molar-refractivity contribution in [3.8, 4) is 5.69 Å². The average Bonchev–Trinajstić information content (AvgIpc) is 2.71. The number of rotatable bonds is 2. The molecule has 0 aliphatic rings. The van der Waals surface area contributed by atoms with Crippen LogP contribution >= 0.6 is 0 Å². The number of nitrogens with zero attached hydrogens (tertiary/aromatic N) is 6. The van der Waals surface area contributed by atoms with E-state index >= 15 is 0 Å². The number of hydrogen-bond acceptors (Lipinski definition) is 5. The van der Waals surface area contributed by atoms with Crippen molar-refractivity contribution >= 4 is 0 Å².